The lowest BCUT2D eigenvalue weighted by Crippen LogP contribution is -2.09. The molecule has 0 saturated carbocycles. The van der Waals surface area contributed by atoms with Crippen molar-refractivity contribution in [3.05, 3.63) is 106 Å². The van der Waals surface area contributed by atoms with E-state index in [4.69, 9.17) is 0 Å². The summed E-state index contributed by atoms with van der Waals surface area (Å²) in [5.74, 6) is 0.108. The Balaban J connectivity index is 1.62. The number of carbonyl (C=O) groups is 1. The van der Waals surface area contributed by atoms with Crippen molar-refractivity contribution in [2.45, 2.75) is 12.8 Å². The zero-order valence-corrected chi connectivity index (χ0v) is 15.4. The van der Waals surface area contributed by atoms with Crippen LogP contribution in [-0.2, 0) is 12.8 Å². The van der Waals surface area contributed by atoms with Crippen molar-refractivity contribution in [3.8, 4) is 0 Å². The molecule has 0 heterocycles. The van der Waals surface area contributed by atoms with Crippen molar-refractivity contribution in [2.75, 3.05) is 0 Å². The molecule has 1 nitrogen and oxygen atoms in total. The molecule has 1 heteroatoms. The number of allylic oxidation sites excluding steroid dienone is 2. The van der Waals surface area contributed by atoms with Crippen molar-refractivity contribution < 1.29 is 4.79 Å². The highest BCUT2D eigenvalue weighted by molar-refractivity contribution is 6.18. The van der Waals surface area contributed by atoms with Gasteiger partial charge in [-0.25, -0.2) is 0 Å². The van der Waals surface area contributed by atoms with Gasteiger partial charge in [-0.2, -0.15) is 0 Å². The number of carbonyl (C=O) groups excluding carboxylic acids is 1. The summed E-state index contributed by atoms with van der Waals surface area (Å²) in [6, 6.07) is 20.9. The van der Waals surface area contributed by atoms with Crippen LogP contribution < -0.4 is 0 Å². The Hall–Kier alpha value is -3.45. The van der Waals surface area contributed by atoms with Gasteiger partial charge in [0.2, 0.25) is 0 Å². The number of hydrogen-bond donors (Lipinski definition) is 0. The molecule has 0 radical (unpaired) electrons. The monoisotopic (exact) mass is 358 g/mol. The van der Waals surface area contributed by atoms with Crippen molar-refractivity contribution in [2.24, 2.45) is 0 Å². The maximum Gasteiger partial charge on any atom is 0.194 e. The molecule has 0 bridgehead atoms. The van der Waals surface area contributed by atoms with Gasteiger partial charge in [-0.1, -0.05) is 72.8 Å². The van der Waals surface area contributed by atoms with Crippen LogP contribution >= 0.6 is 0 Å². The van der Waals surface area contributed by atoms with E-state index in [0.29, 0.717) is 0 Å². The first-order valence-corrected chi connectivity index (χ1v) is 9.78. The summed E-state index contributed by atoms with van der Waals surface area (Å²) in [6.45, 7) is 0. The van der Waals surface area contributed by atoms with Gasteiger partial charge in [-0.05, 0) is 68.8 Å². The summed E-state index contributed by atoms with van der Waals surface area (Å²) < 4.78 is 0. The lowest BCUT2D eigenvalue weighted by Gasteiger charge is -2.19. The van der Waals surface area contributed by atoms with Crippen LogP contribution in [0.1, 0.15) is 38.2 Å². The van der Waals surface area contributed by atoms with Gasteiger partial charge in [0.15, 0.2) is 5.78 Å². The molecule has 0 spiro atoms. The highest BCUT2D eigenvalue weighted by atomic mass is 16.1. The SMILES string of the molecule is O=C(c1ccc2cccc3c2c1C=CC3)c1ccc2cccc3c2c1C=CC3. The first-order valence-electron chi connectivity index (χ1n) is 9.78. The molecular weight excluding hydrogens is 340 g/mol. The summed E-state index contributed by atoms with van der Waals surface area (Å²) in [5.41, 5.74) is 6.30. The van der Waals surface area contributed by atoms with E-state index in [-0.39, 0.29) is 5.78 Å². The largest absolute Gasteiger partial charge is 0.289 e. The minimum absolute atomic E-state index is 0.108. The topological polar surface area (TPSA) is 17.1 Å². The van der Waals surface area contributed by atoms with Gasteiger partial charge in [-0.15, -0.1) is 0 Å². The van der Waals surface area contributed by atoms with Crippen LogP contribution in [0.5, 0.6) is 0 Å². The Kier molecular flexibility index (Phi) is 3.21. The van der Waals surface area contributed by atoms with Gasteiger partial charge in [0.05, 0.1) is 0 Å². The van der Waals surface area contributed by atoms with Crippen LogP contribution in [-0.4, -0.2) is 5.78 Å². The predicted molar refractivity (Wildman–Crippen MR) is 117 cm³/mol. The third kappa shape index (κ3) is 2.10. The van der Waals surface area contributed by atoms with Crippen LogP contribution in [0, 0.1) is 0 Å². The van der Waals surface area contributed by atoms with Gasteiger partial charge in [0.1, 0.15) is 0 Å². The molecule has 0 unspecified atom stereocenters. The lowest BCUT2D eigenvalue weighted by molar-refractivity contribution is 0.103. The molecule has 0 amide bonds. The van der Waals surface area contributed by atoms with Gasteiger partial charge < -0.3 is 0 Å². The number of rotatable bonds is 2. The lowest BCUT2D eigenvalue weighted by atomic mass is 9.84. The molecule has 0 fully saturated rings. The molecule has 4 aromatic carbocycles. The van der Waals surface area contributed by atoms with Gasteiger partial charge >= 0.3 is 0 Å². The standard InChI is InChI=1S/C27H18O/c28-27(23-15-13-19-7-1-5-17-9-3-11-21(23)25(17)19)24-16-14-20-8-2-6-18-10-4-12-22(24)26(18)20/h1-8,11-16H,9-10H2. The Morgan fingerprint density at radius 2 is 1.11 bits per heavy atom. The average molecular weight is 358 g/mol. The fraction of sp³-hybridized carbons (Fsp3) is 0.0741. The normalized spacial score (nSPS) is 14.0. The molecule has 0 aliphatic heterocycles. The zero-order chi connectivity index (χ0) is 18.7. The van der Waals surface area contributed by atoms with Crippen LogP contribution in [0.15, 0.2) is 72.8 Å². The van der Waals surface area contributed by atoms with E-state index in [0.717, 1.165) is 35.1 Å². The number of ketones is 1. The van der Waals surface area contributed by atoms with Crippen molar-refractivity contribution in [3.63, 3.8) is 0 Å². The smallest absolute Gasteiger partial charge is 0.194 e. The molecule has 28 heavy (non-hydrogen) atoms. The minimum atomic E-state index is 0.108. The third-order valence-corrected chi connectivity index (χ3v) is 6.08. The second kappa shape index (κ2) is 5.77. The maximum atomic E-state index is 13.7. The summed E-state index contributed by atoms with van der Waals surface area (Å²) >= 11 is 0. The summed E-state index contributed by atoms with van der Waals surface area (Å²) in [5, 5.41) is 4.86. The fourth-order valence-corrected chi connectivity index (χ4v) is 4.80. The minimum Gasteiger partial charge on any atom is -0.289 e. The first-order chi connectivity index (χ1) is 13.8. The molecule has 4 aromatic rings. The van der Waals surface area contributed by atoms with Gasteiger partial charge in [0, 0.05) is 11.1 Å². The van der Waals surface area contributed by atoms with Crippen molar-refractivity contribution in [1.29, 1.82) is 0 Å². The Labute approximate surface area is 163 Å². The van der Waals surface area contributed by atoms with E-state index in [9.17, 15) is 4.79 Å². The van der Waals surface area contributed by atoms with E-state index in [1.165, 1.54) is 32.7 Å². The Bertz CT molecular complexity index is 1260. The second-order valence-electron chi connectivity index (χ2n) is 7.63. The van der Waals surface area contributed by atoms with Crippen LogP contribution in [0.2, 0.25) is 0 Å². The summed E-state index contributed by atoms with van der Waals surface area (Å²) in [6.07, 6.45) is 10.4. The average Bonchev–Trinajstić information content (AvgIpc) is 2.75. The number of benzene rings is 4. The zero-order valence-electron chi connectivity index (χ0n) is 15.4. The van der Waals surface area contributed by atoms with Crippen molar-refractivity contribution >= 4 is 39.5 Å². The summed E-state index contributed by atoms with van der Waals surface area (Å²) in [7, 11) is 0. The molecular formula is C27H18O. The molecule has 2 aliphatic carbocycles. The van der Waals surface area contributed by atoms with Gasteiger partial charge in [0.25, 0.3) is 0 Å². The van der Waals surface area contributed by atoms with E-state index in [2.05, 4.69) is 72.8 Å². The highest BCUT2D eigenvalue weighted by Crippen LogP contribution is 2.35. The Morgan fingerprint density at radius 1 is 0.607 bits per heavy atom. The van der Waals surface area contributed by atoms with E-state index >= 15 is 0 Å². The van der Waals surface area contributed by atoms with E-state index < -0.39 is 0 Å². The predicted octanol–water partition coefficient (Wildman–Crippen LogP) is 6.36. The second-order valence-corrected chi connectivity index (χ2v) is 7.63. The number of hydrogen-bond acceptors (Lipinski definition) is 1. The third-order valence-electron chi connectivity index (χ3n) is 6.08. The molecule has 132 valence electrons. The van der Waals surface area contributed by atoms with Crippen LogP contribution in [0.4, 0.5) is 0 Å². The van der Waals surface area contributed by atoms with Crippen LogP contribution in [0.25, 0.3) is 33.7 Å². The molecule has 0 saturated heterocycles. The first kappa shape index (κ1) is 15.6. The Morgan fingerprint density at radius 3 is 1.61 bits per heavy atom. The van der Waals surface area contributed by atoms with Gasteiger partial charge in [-0.3, -0.25) is 4.79 Å². The fourth-order valence-electron chi connectivity index (χ4n) is 4.80. The van der Waals surface area contributed by atoms with Crippen molar-refractivity contribution in [1.82, 2.24) is 0 Å². The maximum absolute atomic E-state index is 13.7. The highest BCUT2D eigenvalue weighted by Gasteiger charge is 2.22. The molecule has 0 aromatic heterocycles. The molecule has 6 rings (SSSR count). The van der Waals surface area contributed by atoms with E-state index in [1.807, 2.05) is 12.1 Å². The quantitative estimate of drug-likeness (QED) is 0.381. The summed E-state index contributed by atoms with van der Waals surface area (Å²) in [4.78, 5) is 13.7. The van der Waals surface area contributed by atoms with E-state index in [1.54, 1.807) is 0 Å². The molecule has 2 aliphatic rings. The van der Waals surface area contributed by atoms with Crippen LogP contribution in [0.3, 0.4) is 0 Å². The molecule has 0 N–H and O–H groups in total. The molecule has 0 atom stereocenters.